The molecule has 2 fully saturated rings. The number of piperidine rings is 1. The van der Waals surface area contributed by atoms with E-state index in [0.717, 1.165) is 49.3 Å². The molecule has 0 bridgehead atoms. The van der Waals surface area contributed by atoms with E-state index in [1.807, 2.05) is 48.9 Å². The highest BCUT2D eigenvalue weighted by atomic mass is 19.4. The molecule has 1 aliphatic heterocycles. The summed E-state index contributed by atoms with van der Waals surface area (Å²) in [5.41, 5.74) is 2.65. The predicted molar refractivity (Wildman–Crippen MR) is 154 cm³/mol. The molecule has 2 aromatic heterocycles. The fraction of sp³-hybridized carbons (Fsp3) is 0.406. The van der Waals surface area contributed by atoms with Gasteiger partial charge in [-0.25, -0.2) is 15.0 Å². The Morgan fingerprint density at radius 2 is 1.71 bits per heavy atom. The van der Waals surface area contributed by atoms with Crippen LogP contribution in [-0.2, 0) is 13.2 Å². The molecule has 1 N–H and O–H groups in total. The van der Waals surface area contributed by atoms with Crippen LogP contribution in [0.5, 0.6) is 0 Å². The van der Waals surface area contributed by atoms with Gasteiger partial charge in [-0.05, 0) is 75.4 Å². The molecular weight excluding hydrogens is 525 g/mol. The summed E-state index contributed by atoms with van der Waals surface area (Å²) < 4.78 is 43.0. The quantitative estimate of drug-likeness (QED) is 0.245. The molecule has 1 atom stereocenters. The Labute approximate surface area is 238 Å². The summed E-state index contributed by atoms with van der Waals surface area (Å²) in [6, 6.07) is 17.2. The zero-order valence-corrected chi connectivity index (χ0v) is 23.4. The lowest BCUT2D eigenvalue weighted by Crippen LogP contribution is -2.35. The Kier molecular flexibility index (Phi) is 7.55. The van der Waals surface area contributed by atoms with Gasteiger partial charge in [0.25, 0.3) is 0 Å². The minimum atomic E-state index is -4.44. The van der Waals surface area contributed by atoms with Crippen molar-refractivity contribution in [2.75, 3.05) is 25.0 Å². The number of imidazole rings is 1. The van der Waals surface area contributed by atoms with Crippen LogP contribution >= 0.6 is 0 Å². The number of hydrogen-bond donors (Lipinski definition) is 1. The van der Waals surface area contributed by atoms with E-state index in [-0.39, 0.29) is 12.0 Å². The van der Waals surface area contributed by atoms with E-state index in [1.54, 1.807) is 18.3 Å². The van der Waals surface area contributed by atoms with Crippen molar-refractivity contribution in [1.29, 1.82) is 0 Å². The average molecular weight is 561 g/mol. The molecule has 0 amide bonds. The average Bonchev–Trinajstić information content (AvgIpc) is 3.73. The summed E-state index contributed by atoms with van der Waals surface area (Å²) in [5, 5.41) is 3.37. The van der Waals surface area contributed by atoms with Crippen molar-refractivity contribution in [3.63, 3.8) is 0 Å². The number of alkyl halides is 3. The van der Waals surface area contributed by atoms with Crippen LogP contribution in [0.2, 0.25) is 0 Å². The van der Waals surface area contributed by atoms with E-state index >= 15 is 0 Å². The molecule has 9 heteroatoms. The molecule has 6 nitrogen and oxygen atoms in total. The first-order valence-corrected chi connectivity index (χ1v) is 14.4. The van der Waals surface area contributed by atoms with Crippen LogP contribution in [0.3, 0.4) is 0 Å². The summed E-state index contributed by atoms with van der Waals surface area (Å²) in [6.07, 6.45) is 1.86. The first-order chi connectivity index (χ1) is 19.8. The number of aromatic nitrogens is 4. The van der Waals surface area contributed by atoms with Crippen molar-refractivity contribution in [3.05, 3.63) is 83.8 Å². The lowest BCUT2D eigenvalue weighted by molar-refractivity contribution is -0.137. The van der Waals surface area contributed by atoms with Gasteiger partial charge in [0.1, 0.15) is 5.82 Å². The lowest BCUT2D eigenvalue weighted by atomic mass is 9.95. The highest BCUT2D eigenvalue weighted by molar-refractivity contribution is 5.78. The van der Waals surface area contributed by atoms with Crippen molar-refractivity contribution in [3.8, 4) is 22.6 Å². The molecule has 41 heavy (non-hydrogen) atoms. The topological polar surface area (TPSA) is 58.9 Å². The predicted octanol–water partition coefficient (Wildman–Crippen LogP) is 7.33. The maximum Gasteiger partial charge on any atom is 0.416 e. The van der Waals surface area contributed by atoms with Crippen LogP contribution in [-0.4, -0.2) is 44.1 Å². The fourth-order valence-electron chi connectivity index (χ4n) is 5.84. The smallest absolute Gasteiger partial charge is 0.348 e. The summed E-state index contributed by atoms with van der Waals surface area (Å²) >= 11 is 0. The van der Waals surface area contributed by atoms with Crippen LogP contribution in [0.4, 0.5) is 19.1 Å². The van der Waals surface area contributed by atoms with E-state index in [4.69, 9.17) is 9.97 Å². The number of nitrogens with zero attached hydrogens (tertiary/aromatic N) is 5. The molecular formula is C32H35F3N6. The molecule has 4 aromatic rings. The minimum Gasteiger partial charge on any atom is -0.348 e. The largest absolute Gasteiger partial charge is 0.416 e. The van der Waals surface area contributed by atoms with E-state index in [2.05, 4.69) is 15.2 Å². The molecule has 1 aliphatic carbocycles. The first kappa shape index (κ1) is 27.4. The molecule has 2 aromatic carbocycles. The van der Waals surface area contributed by atoms with Gasteiger partial charge >= 0.3 is 6.18 Å². The molecule has 1 saturated heterocycles. The number of anilines is 1. The molecule has 2 aliphatic rings. The summed E-state index contributed by atoms with van der Waals surface area (Å²) in [7, 11) is 1.95. The third kappa shape index (κ3) is 6.15. The molecule has 0 radical (unpaired) electrons. The number of halogens is 3. The number of rotatable bonds is 8. The van der Waals surface area contributed by atoms with Crippen LogP contribution in [0, 0.1) is 5.92 Å². The van der Waals surface area contributed by atoms with E-state index < -0.39 is 11.7 Å². The van der Waals surface area contributed by atoms with Gasteiger partial charge in [-0.1, -0.05) is 42.5 Å². The van der Waals surface area contributed by atoms with Crippen LogP contribution in [0.25, 0.3) is 22.6 Å². The van der Waals surface area contributed by atoms with Gasteiger partial charge in [0.2, 0.25) is 5.95 Å². The van der Waals surface area contributed by atoms with Gasteiger partial charge in [-0.2, -0.15) is 13.2 Å². The number of benzene rings is 2. The van der Waals surface area contributed by atoms with Gasteiger partial charge in [-0.15, -0.1) is 0 Å². The summed E-state index contributed by atoms with van der Waals surface area (Å²) in [5.74, 6) is 2.42. The van der Waals surface area contributed by atoms with Gasteiger partial charge in [-0.3, -0.25) is 0 Å². The Bertz CT molecular complexity index is 1490. The molecule has 214 valence electrons. The van der Waals surface area contributed by atoms with Gasteiger partial charge in [0.05, 0.1) is 28.7 Å². The monoisotopic (exact) mass is 560 g/mol. The SMILES string of the molecule is C[C@H](Nc1nccc(-c2c(-c3cccc(C(F)(F)F)c3)nc(C3CCN(CC4CC4)CC3)n2C)n1)c1ccccc1. The van der Waals surface area contributed by atoms with Crippen molar-refractivity contribution in [1.82, 2.24) is 24.4 Å². The highest BCUT2D eigenvalue weighted by Gasteiger charge is 2.33. The standard InChI is InChI=1S/C32H35F3N6/c1-21(23-7-4-3-5-8-23)37-31-36-16-13-27(38-31)29-28(25-9-6-10-26(19-25)32(33,34)35)39-30(40(29)2)24-14-17-41(18-15-24)20-22-11-12-22/h3-10,13,16,19,21-22,24H,11-12,14-15,17-18,20H2,1-2H3,(H,36,37,38)/t21-/m0/s1. The lowest BCUT2D eigenvalue weighted by Gasteiger charge is -2.31. The zero-order chi connectivity index (χ0) is 28.6. The van der Waals surface area contributed by atoms with Crippen molar-refractivity contribution in [2.24, 2.45) is 13.0 Å². The Hall–Kier alpha value is -3.72. The number of likely N-dealkylation sites (tertiary alicyclic amines) is 1. The number of nitrogens with one attached hydrogen (secondary N) is 1. The third-order valence-corrected chi connectivity index (χ3v) is 8.30. The zero-order valence-electron chi connectivity index (χ0n) is 23.4. The van der Waals surface area contributed by atoms with E-state index in [0.29, 0.717) is 28.6 Å². The maximum absolute atomic E-state index is 13.7. The van der Waals surface area contributed by atoms with Crippen LogP contribution < -0.4 is 5.32 Å². The maximum atomic E-state index is 13.7. The van der Waals surface area contributed by atoms with Crippen molar-refractivity contribution < 1.29 is 13.2 Å². The number of hydrogen-bond acceptors (Lipinski definition) is 5. The second kappa shape index (κ2) is 11.3. The molecule has 0 unspecified atom stereocenters. The second-order valence-electron chi connectivity index (χ2n) is 11.4. The Morgan fingerprint density at radius 3 is 2.41 bits per heavy atom. The van der Waals surface area contributed by atoms with E-state index in [1.165, 1.54) is 31.5 Å². The Morgan fingerprint density at radius 1 is 0.951 bits per heavy atom. The molecule has 1 saturated carbocycles. The van der Waals surface area contributed by atoms with Gasteiger partial charge in [0.15, 0.2) is 0 Å². The van der Waals surface area contributed by atoms with Gasteiger partial charge in [0, 0.05) is 31.3 Å². The van der Waals surface area contributed by atoms with Crippen LogP contribution in [0.15, 0.2) is 66.9 Å². The summed E-state index contributed by atoms with van der Waals surface area (Å²) in [4.78, 5) is 16.8. The highest BCUT2D eigenvalue weighted by Crippen LogP contribution is 2.39. The van der Waals surface area contributed by atoms with Crippen molar-refractivity contribution in [2.45, 2.75) is 50.7 Å². The minimum absolute atomic E-state index is 0.0303. The van der Waals surface area contributed by atoms with Gasteiger partial charge < -0.3 is 14.8 Å². The van der Waals surface area contributed by atoms with Crippen LogP contribution in [0.1, 0.15) is 61.5 Å². The fourth-order valence-corrected chi connectivity index (χ4v) is 5.84. The third-order valence-electron chi connectivity index (χ3n) is 8.30. The van der Waals surface area contributed by atoms with Crippen molar-refractivity contribution >= 4 is 5.95 Å². The molecule has 0 spiro atoms. The Balaban J connectivity index is 1.36. The molecule has 3 heterocycles. The second-order valence-corrected chi connectivity index (χ2v) is 11.4. The first-order valence-electron chi connectivity index (χ1n) is 14.4. The molecule has 6 rings (SSSR count). The normalized spacial score (nSPS) is 17.5. The summed E-state index contributed by atoms with van der Waals surface area (Å²) in [6.45, 7) is 5.24. The van der Waals surface area contributed by atoms with E-state index in [9.17, 15) is 13.2 Å².